The molecule has 0 spiro atoms. The minimum atomic E-state index is 0.432. The molecule has 0 amide bonds. The van der Waals surface area contributed by atoms with E-state index in [1.54, 1.807) is 0 Å². The van der Waals surface area contributed by atoms with Crippen LogP contribution in [0, 0.1) is 0 Å². The predicted octanol–water partition coefficient (Wildman–Crippen LogP) is 14.4. The zero-order valence-electron chi connectivity index (χ0n) is 33.4. The van der Waals surface area contributed by atoms with Crippen LogP contribution in [0.2, 0.25) is 0 Å². The lowest BCUT2D eigenvalue weighted by atomic mass is 9.95. The Morgan fingerprint density at radius 1 is 0.306 bits per heavy atom. The highest BCUT2D eigenvalue weighted by molar-refractivity contribution is 6.22. The Bertz CT molecular complexity index is 3860. The maximum absolute atomic E-state index is 6.40. The normalized spacial score (nSPS) is 11.9. The first-order valence-corrected chi connectivity index (χ1v) is 20.9. The molecule has 0 bridgehead atoms. The molecule has 4 heterocycles. The van der Waals surface area contributed by atoms with Crippen LogP contribution in [0.3, 0.4) is 0 Å². The van der Waals surface area contributed by atoms with Gasteiger partial charge in [0.25, 0.3) is 0 Å². The minimum absolute atomic E-state index is 0.432. The van der Waals surface area contributed by atoms with Crippen molar-refractivity contribution >= 4 is 65.4 Å². The molecule has 0 aliphatic heterocycles. The molecule has 9 aromatic carbocycles. The van der Waals surface area contributed by atoms with Gasteiger partial charge in [0.1, 0.15) is 0 Å². The average molecular weight is 794 g/mol. The van der Waals surface area contributed by atoms with Crippen LogP contribution in [-0.4, -0.2) is 23.9 Å². The summed E-state index contributed by atoms with van der Waals surface area (Å²) < 4.78 is 13.3. The topological polar surface area (TPSA) is 53.7 Å². The minimum Gasteiger partial charge on any atom is -0.403 e. The standard InChI is InChI=1S/C56H35N5O/c1-4-16-36(17-5-1)38-30-32-49-45(34-38)46-35-40(31-33-50(46)59(49)39-20-8-3-9-21-39)60-47-26-12-10-22-43(47)53-41(24-14-28-51(53)60)42-25-15-29-52-54(42)44-23-11-13-27-48(44)61(52)56-58-57-55(62-56)37-18-6-2-7-19-37/h1-35H. The van der Waals surface area contributed by atoms with Crippen molar-refractivity contribution in [2.45, 2.75) is 0 Å². The van der Waals surface area contributed by atoms with Crippen LogP contribution in [0.25, 0.3) is 117 Å². The number of nitrogens with zero attached hydrogens (tertiary/aromatic N) is 5. The van der Waals surface area contributed by atoms with Crippen LogP contribution < -0.4 is 0 Å². The third-order valence-electron chi connectivity index (χ3n) is 12.4. The van der Waals surface area contributed by atoms with E-state index in [4.69, 9.17) is 4.42 Å². The molecule has 6 nitrogen and oxygen atoms in total. The molecule has 0 saturated carbocycles. The first-order chi connectivity index (χ1) is 30.8. The Labute approximate surface area is 355 Å². The Morgan fingerprint density at radius 3 is 1.48 bits per heavy atom. The smallest absolute Gasteiger partial charge is 0.327 e. The quantitative estimate of drug-likeness (QED) is 0.168. The number of hydrogen-bond donors (Lipinski definition) is 0. The van der Waals surface area contributed by atoms with Crippen molar-refractivity contribution in [2.24, 2.45) is 0 Å². The Hall–Kier alpha value is -8.48. The molecule has 0 saturated heterocycles. The van der Waals surface area contributed by atoms with Gasteiger partial charge >= 0.3 is 6.01 Å². The SMILES string of the molecule is c1ccc(-c2ccc3c(c2)c2cc(-n4c5ccccc5c5c(-c6cccc7c6c6ccccc6n7-c6nnc(-c7ccccc7)o6)cccc54)ccc2n3-c2ccccc2)cc1. The molecule has 0 aliphatic carbocycles. The third-order valence-corrected chi connectivity index (χ3v) is 12.4. The maximum Gasteiger partial charge on any atom is 0.327 e. The molecule has 4 aromatic heterocycles. The lowest BCUT2D eigenvalue weighted by molar-refractivity contribution is 0.546. The second kappa shape index (κ2) is 13.5. The van der Waals surface area contributed by atoms with Crippen molar-refractivity contribution in [3.8, 4) is 51.1 Å². The molecule has 62 heavy (non-hydrogen) atoms. The van der Waals surface area contributed by atoms with Gasteiger partial charge in [-0.3, -0.25) is 4.57 Å². The van der Waals surface area contributed by atoms with Crippen LogP contribution in [0.15, 0.2) is 217 Å². The van der Waals surface area contributed by atoms with E-state index in [-0.39, 0.29) is 0 Å². The molecule has 6 heteroatoms. The average Bonchev–Trinajstić information content (AvgIpc) is 4.12. The Kier molecular flexibility index (Phi) is 7.50. The molecule has 290 valence electrons. The van der Waals surface area contributed by atoms with E-state index in [2.05, 4.69) is 206 Å². The highest BCUT2D eigenvalue weighted by Crippen LogP contribution is 2.45. The van der Waals surface area contributed by atoms with Gasteiger partial charge in [0.05, 0.1) is 33.1 Å². The number of rotatable bonds is 6. The van der Waals surface area contributed by atoms with Crippen LogP contribution in [0.5, 0.6) is 0 Å². The molecule has 0 aliphatic rings. The predicted molar refractivity (Wildman–Crippen MR) is 254 cm³/mol. The summed E-state index contributed by atoms with van der Waals surface area (Å²) in [5, 5.41) is 16.1. The summed E-state index contributed by atoms with van der Waals surface area (Å²) in [7, 11) is 0. The van der Waals surface area contributed by atoms with Crippen molar-refractivity contribution in [1.82, 2.24) is 23.9 Å². The fraction of sp³-hybridized carbons (Fsp3) is 0. The first kappa shape index (κ1) is 34.4. The summed E-state index contributed by atoms with van der Waals surface area (Å²) in [6, 6.07) is 76.1. The van der Waals surface area contributed by atoms with Gasteiger partial charge in [-0.2, -0.15) is 0 Å². The van der Waals surface area contributed by atoms with Gasteiger partial charge in [-0.05, 0) is 101 Å². The zero-order chi connectivity index (χ0) is 40.7. The summed E-state index contributed by atoms with van der Waals surface area (Å²) >= 11 is 0. The van der Waals surface area contributed by atoms with Crippen LogP contribution in [0.1, 0.15) is 0 Å². The number of aromatic nitrogens is 5. The molecule has 0 atom stereocenters. The van der Waals surface area contributed by atoms with Crippen LogP contribution in [-0.2, 0) is 0 Å². The fourth-order valence-electron chi connectivity index (χ4n) is 9.79. The number of hydrogen-bond acceptors (Lipinski definition) is 3. The van der Waals surface area contributed by atoms with Crippen molar-refractivity contribution in [2.75, 3.05) is 0 Å². The summed E-state index contributed by atoms with van der Waals surface area (Å²) in [6.07, 6.45) is 0. The highest BCUT2D eigenvalue weighted by atomic mass is 16.4. The fourth-order valence-corrected chi connectivity index (χ4v) is 9.79. The van der Waals surface area contributed by atoms with Gasteiger partial charge in [-0.15, -0.1) is 5.10 Å². The number of fused-ring (bicyclic) bond motifs is 9. The molecule has 13 rings (SSSR count). The third kappa shape index (κ3) is 5.10. The first-order valence-electron chi connectivity index (χ1n) is 20.9. The molecular formula is C56H35N5O. The number of para-hydroxylation sites is 3. The Balaban J connectivity index is 1.04. The lowest BCUT2D eigenvalue weighted by Gasteiger charge is -2.11. The van der Waals surface area contributed by atoms with Gasteiger partial charge in [-0.25, -0.2) is 0 Å². The van der Waals surface area contributed by atoms with Gasteiger partial charge in [0.15, 0.2) is 0 Å². The van der Waals surface area contributed by atoms with Crippen molar-refractivity contribution in [1.29, 1.82) is 0 Å². The van der Waals surface area contributed by atoms with E-state index in [1.165, 1.54) is 43.7 Å². The summed E-state index contributed by atoms with van der Waals surface area (Å²) in [5.41, 5.74) is 14.5. The summed E-state index contributed by atoms with van der Waals surface area (Å²) in [4.78, 5) is 0. The maximum atomic E-state index is 6.40. The van der Waals surface area contributed by atoms with Gasteiger partial charge in [0.2, 0.25) is 5.89 Å². The van der Waals surface area contributed by atoms with E-state index >= 15 is 0 Å². The molecule has 0 radical (unpaired) electrons. The van der Waals surface area contributed by atoms with E-state index < -0.39 is 0 Å². The van der Waals surface area contributed by atoms with E-state index in [0.29, 0.717) is 11.9 Å². The van der Waals surface area contributed by atoms with E-state index in [9.17, 15) is 0 Å². The second-order valence-electron chi connectivity index (χ2n) is 15.8. The van der Waals surface area contributed by atoms with Gasteiger partial charge in [0, 0.05) is 49.3 Å². The summed E-state index contributed by atoms with van der Waals surface area (Å²) in [6.45, 7) is 0. The van der Waals surface area contributed by atoms with Crippen molar-refractivity contribution < 1.29 is 4.42 Å². The summed E-state index contributed by atoms with van der Waals surface area (Å²) in [5.74, 6) is 0.486. The zero-order valence-corrected chi connectivity index (χ0v) is 33.4. The molecular weight excluding hydrogens is 759 g/mol. The Morgan fingerprint density at radius 2 is 0.806 bits per heavy atom. The van der Waals surface area contributed by atoms with E-state index in [1.807, 2.05) is 30.3 Å². The number of benzene rings is 9. The molecule has 0 N–H and O–H groups in total. The monoisotopic (exact) mass is 793 g/mol. The van der Waals surface area contributed by atoms with Crippen molar-refractivity contribution in [3.05, 3.63) is 212 Å². The largest absolute Gasteiger partial charge is 0.403 e. The highest BCUT2D eigenvalue weighted by Gasteiger charge is 2.23. The van der Waals surface area contributed by atoms with Crippen molar-refractivity contribution in [3.63, 3.8) is 0 Å². The molecule has 0 fully saturated rings. The molecule has 0 unspecified atom stereocenters. The van der Waals surface area contributed by atoms with Crippen LogP contribution in [0.4, 0.5) is 0 Å². The lowest BCUT2D eigenvalue weighted by Crippen LogP contribution is -1.95. The second-order valence-corrected chi connectivity index (χ2v) is 15.8. The molecule has 13 aromatic rings. The van der Waals surface area contributed by atoms with Crippen LogP contribution >= 0.6 is 0 Å². The van der Waals surface area contributed by atoms with Gasteiger partial charge in [-0.1, -0.05) is 139 Å². The van der Waals surface area contributed by atoms with Gasteiger partial charge < -0.3 is 13.6 Å². The van der Waals surface area contributed by atoms with E-state index in [0.717, 1.165) is 60.9 Å².